The third-order valence-corrected chi connectivity index (χ3v) is 4.87. The van der Waals surface area contributed by atoms with Crippen molar-refractivity contribution >= 4 is 20.6 Å². The molecule has 0 heterocycles. The molecule has 1 saturated carbocycles. The van der Waals surface area contributed by atoms with Crippen molar-refractivity contribution in [1.29, 1.82) is 0 Å². The van der Waals surface area contributed by atoms with E-state index in [0.717, 1.165) is 23.2 Å². The molecule has 118 valence electrons. The van der Waals surface area contributed by atoms with E-state index in [4.69, 9.17) is 16.0 Å². The van der Waals surface area contributed by atoms with Crippen molar-refractivity contribution in [3.8, 4) is 0 Å². The molecule has 1 fully saturated rings. The molecule has 0 amide bonds. The molecule has 0 aliphatic heterocycles. The van der Waals surface area contributed by atoms with Gasteiger partial charge in [-0.3, -0.25) is 0 Å². The zero-order chi connectivity index (χ0) is 15.6. The van der Waals surface area contributed by atoms with Crippen LogP contribution in [0.25, 0.3) is 0 Å². The zero-order valence-electron chi connectivity index (χ0n) is 13.9. The molecule has 1 aromatic rings. The van der Waals surface area contributed by atoms with Gasteiger partial charge in [-0.05, 0) is 48.5 Å². The first-order valence-corrected chi connectivity index (χ1v) is 11.1. The molecule has 2 rings (SSSR count). The third-order valence-electron chi connectivity index (χ3n) is 3.71. The maximum Gasteiger partial charge on any atom is 0.171 e. The molecule has 1 aliphatic rings. The Morgan fingerprint density at radius 1 is 1.33 bits per heavy atom. The van der Waals surface area contributed by atoms with E-state index >= 15 is 0 Å². The van der Waals surface area contributed by atoms with Crippen LogP contribution < -0.4 is 5.32 Å². The Labute approximate surface area is 136 Å². The van der Waals surface area contributed by atoms with E-state index in [9.17, 15) is 0 Å². The standard InChI is InChI=1S/C17H28ClNOSi/c1-17(2,3)16(20-21(4)5)14-10-12(6-9-15(14)18)11-19-13-7-8-13/h6,9-10,13,16,19,21H,7-8,11H2,1-5H3. The SMILES string of the molecule is C[SiH](C)OC(c1cc(CNC2CC2)ccc1Cl)C(C)(C)C. The van der Waals surface area contributed by atoms with Crippen LogP contribution in [-0.4, -0.2) is 15.1 Å². The van der Waals surface area contributed by atoms with Crippen molar-refractivity contribution < 1.29 is 4.43 Å². The molecule has 1 aromatic carbocycles. The lowest BCUT2D eigenvalue weighted by molar-refractivity contribution is 0.0866. The quantitative estimate of drug-likeness (QED) is 0.767. The minimum absolute atomic E-state index is 0.0451. The van der Waals surface area contributed by atoms with Gasteiger partial charge in [0.25, 0.3) is 0 Å². The van der Waals surface area contributed by atoms with Gasteiger partial charge in [0.15, 0.2) is 9.04 Å². The van der Waals surface area contributed by atoms with E-state index in [0.29, 0.717) is 0 Å². The Balaban J connectivity index is 2.22. The van der Waals surface area contributed by atoms with Gasteiger partial charge in [0.05, 0.1) is 6.10 Å². The molecule has 0 radical (unpaired) electrons. The summed E-state index contributed by atoms with van der Waals surface area (Å²) in [5, 5.41) is 4.38. The lowest BCUT2D eigenvalue weighted by atomic mass is 9.84. The lowest BCUT2D eigenvalue weighted by Crippen LogP contribution is -2.26. The number of rotatable bonds is 6. The first-order chi connectivity index (χ1) is 9.77. The Morgan fingerprint density at radius 2 is 2.00 bits per heavy atom. The van der Waals surface area contributed by atoms with Crippen molar-refractivity contribution in [3.05, 3.63) is 34.3 Å². The summed E-state index contributed by atoms with van der Waals surface area (Å²) in [4.78, 5) is 0. The van der Waals surface area contributed by atoms with Gasteiger partial charge < -0.3 is 9.74 Å². The van der Waals surface area contributed by atoms with Gasteiger partial charge in [0.1, 0.15) is 0 Å². The monoisotopic (exact) mass is 325 g/mol. The van der Waals surface area contributed by atoms with Gasteiger partial charge in [0.2, 0.25) is 0 Å². The maximum absolute atomic E-state index is 6.47. The van der Waals surface area contributed by atoms with Crippen LogP contribution in [0, 0.1) is 5.41 Å². The summed E-state index contributed by atoms with van der Waals surface area (Å²) in [6, 6.07) is 7.09. The summed E-state index contributed by atoms with van der Waals surface area (Å²) in [5.41, 5.74) is 2.48. The second kappa shape index (κ2) is 6.82. The van der Waals surface area contributed by atoms with Gasteiger partial charge in [-0.1, -0.05) is 44.5 Å². The summed E-state index contributed by atoms with van der Waals surface area (Å²) in [5.74, 6) is 0. The highest BCUT2D eigenvalue weighted by atomic mass is 35.5. The predicted octanol–water partition coefficient (Wildman–Crippen LogP) is 4.68. The fourth-order valence-electron chi connectivity index (χ4n) is 2.47. The van der Waals surface area contributed by atoms with Crippen molar-refractivity contribution in [2.45, 2.75) is 65.4 Å². The average Bonchev–Trinajstić information content (AvgIpc) is 3.18. The van der Waals surface area contributed by atoms with Crippen molar-refractivity contribution in [1.82, 2.24) is 5.32 Å². The van der Waals surface area contributed by atoms with Crippen LogP contribution >= 0.6 is 11.6 Å². The van der Waals surface area contributed by atoms with Crippen LogP contribution in [0.1, 0.15) is 50.8 Å². The molecular weight excluding hydrogens is 298 g/mol. The van der Waals surface area contributed by atoms with E-state index in [1.165, 1.54) is 18.4 Å². The van der Waals surface area contributed by atoms with Gasteiger partial charge in [-0.25, -0.2) is 0 Å². The smallest absolute Gasteiger partial charge is 0.171 e. The van der Waals surface area contributed by atoms with Gasteiger partial charge in [-0.2, -0.15) is 0 Å². The first-order valence-electron chi connectivity index (χ1n) is 7.94. The van der Waals surface area contributed by atoms with Crippen LogP contribution in [0.5, 0.6) is 0 Å². The molecule has 1 unspecified atom stereocenters. The molecular formula is C17H28ClNOSi. The van der Waals surface area contributed by atoms with Crippen LogP contribution in [0.2, 0.25) is 18.1 Å². The first kappa shape index (κ1) is 17.0. The van der Waals surface area contributed by atoms with Crippen molar-refractivity contribution in [2.75, 3.05) is 0 Å². The number of hydrogen-bond acceptors (Lipinski definition) is 2. The summed E-state index contributed by atoms with van der Waals surface area (Å²) in [6.45, 7) is 12.0. The fourth-order valence-corrected chi connectivity index (χ4v) is 3.79. The summed E-state index contributed by atoms with van der Waals surface area (Å²) in [7, 11) is -1.13. The Morgan fingerprint density at radius 3 is 2.52 bits per heavy atom. The maximum atomic E-state index is 6.47. The normalized spacial score (nSPS) is 17.3. The Bertz CT molecular complexity index is 480. The molecule has 1 aliphatic carbocycles. The largest absolute Gasteiger partial charge is 0.413 e. The Hall–Kier alpha value is -0.353. The van der Waals surface area contributed by atoms with Crippen LogP contribution in [0.3, 0.4) is 0 Å². The molecule has 21 heavy (non-hydrogen) atoms. The van der Waals surface area contributed by atoms with E-state index in [-0.39, 0.29) is 11.5 Å². The molecule has 1 atom stereocenters. The summed E-state index contributed by atoms with van der Waals surface area (Å²) < 4.78 is 6.31. The molecule has 0 saturated heterocycles. The summed E-state index contributed by atoms with van der Waals surface area (Å²) >= 11 is 6.47. The van der Waals surface area contributed by atoms with Crippen LogP contribution in [-0.2, 0) is 11.0 Å². The minimum atomic E-state index is -1.13. The number of hydrogen-bond donors (Lipinski definition) is 1. The second-order valence-electron chi connectivity index (χ2n) is 7.44. The van der Waals surface area contributed by atoms with E-state index in [1.54, 1.807) is 0 Å². The molecule has 0 aromatic heterocycles. The topological polar surface area (TPSA) is 21.3 Å². The van der Waals surface area contributed by atoms with Crippen LogP contribution in [0.4, 0.5) is 0 Å². The highest BCUT2D eigenvalue weighted by Crippen LogP contribution is 2.40. The van der Waals surface area contributed by atoms with Gasteiger partial charge in [-0.15, -0.1) is 0 Å². The van der Waals surface area contributed by atoms with E-state index in [1.807, 2.05) is 6.07 Å². The second-order valence-corrected chi connectivity index (χ2v) is 10.2. The van der Waals surface area contributed by atoms with Gasteiger partial charge in [0, 0.05) is 17.6 Å². The number of halogens is 1. The average molecular weight is 326 g/mol. The number of nitrogens with one attached hydrogen (secondary N) is 1. The molecule has 2 nitrogen and oxygen atoms in total. The predicted molar refractivity (Wildman–Crippen MR) is 93.5 cm³/mol. The van der Waals surface area contributed by atoms with E-state index < -0.39 is 9.04 Å². The summed E-state index contributed by atoms with van der Waals surface area (Å²) in [6.07, 6.45) is 2.69. The third kappa shape index (κ3) is 5.10. The highest BCUT2D eigenvalue weighted by molar-refractivity contribution is 6.48. The minimum Gasteiger partial charge on any atom is -0.413 e. The fraction of sp³-hybridized carbons (Fsp3) is 0.647. The molecule has 4 heteroatoms. The highest BCUT2D eigenvalue weighted by Gasteiger charge is 2.30. The number of benzene rings is 1. The van der Waals surface area contributed by atoms with Crippen molar-refractivity contribution in [2.24, 2.45) is 5.41 Å². The zero-order valence-corrected chi connectivity index (χ0v) is 15.8. The Kier molecular flexibility index (Phi) is 5.52. The lowest BCUT2D eigenvalue weighted by Gasteiger charge is -2.34. The van der Waals surface area contributed by atoms with Gasteiger partial charge >= 0.3 is 0 Å². The molecule has 0 spiro atoms. The molecule has 1 N–H and O–H groups in total. The van der Waals surface area contributed by atoms with E-state index in [2.05, 4.69) is 51.3 Å². The van der Waals surface area contributed by atoms with Crippen LogP contribution in [0.15, 0.2) is 18.2 Å². The van der Waals surface area contributed by atoms with Crippen molar-refractivity contribution in [3.63, 3.8) is 0 Å². The molecule has 0 bridgehead atoms.